The van der Waals surface area contributed by atoms with Crippen molar-refractivity contribution in [2.45, 2.75) is 12.5 Å². The largest absolute Gasteiger partial charge is 0.497 e. The third kappa shape index (κ3) is 4.51. The van der Waals surface area contributed by atoms with E-state index in [1.54, 1.807) is 7.11 Å². The summed E-state index contributed by atoms with van der Waals surface area (Å²) in [6.45, 7) is 4.69. The number of nitrogens with one attached hydrogen (secondary N) is 1. The number of rotatable bonds is 4. The summed E-state index contributed by atoms with van der Waals surface area (Å²) in [4.78, 5) is 22.1. The summed E-state index contributed by atoms with van der Waals surface area (Å²) in [5.41, 5.74) is 10.2. The Hall–Kier alpha value is -3.36. The number of nitrogen functional groups attached to an aromatic ring is 1. The molecule has 1 atom stereocenters. The van der Waals surface area contributed by atoms with Crippen LogP contribution in [0.25, 0.3) is 22.0 Å². The Morgan fingerprint density at radius 3 is 2.76 bits per heavy atom. The molecule has 5 rings (SSSR count). The molecule has 1 amide bonds. The highest BCUT2D eigenvalue weighted by Crippen LogP contribution is 2.37. The van der Waals surface area contributed by atoms with Crippen LogP contribution in [0.15, 0.2) is 48.5 Å². The van der Waals surface area contributed by atoms with Crippen molar-refractivity contribution in [2.24, 2.45) is 0 Å². The molecule has 2 aliphatic heterocycles. The highest BCUT2D eigenvalue weighted by molar-refractivity contribution is 6.04. The number of anilines is 2. The lowest BCUT2D eigenvalue weighted by Gasteiger charge is -2.29. The number of benzene rings is 2. The van der Waals surface area contributed by atoms with Crippen molar-refractivity contribution in [1.82, 2.24) is 15.2 Å². The van der Waals surface area contributed by atoms with Crippen LogP contribution >= 0.6 is 0 Å². The number of carbonyl (C=O) groups excluding carboxylic acids is 1. The lowest BCUT2D eigenvalue weighted by atomic mass is 9.99. The van der Waals surface area contributed by atoms with E-state index in [0.29, 0.717) is 38.5 Å². The van der Waals surface area contributed by atoms with Crippen molar-refractivity contribution < 1.29 is 14.3 Å². The third-order valence-electron chi connectivity index (χ3n) is 6.57. The van der Waals surface area contributed by atoms with E-state index in [-0.39, 0.29) is 11.9 Å². The van der Waals surface area contributed by atoms with Crippen molar-refractivity contribution in [3.63, 3.8) is 0 Å². The van der Waals surface area contributed by atoms with E-state index in [9.17, 15) is 4.79 Å². The number of aromatic nitrogens is 1. The molecular weight excluding hydrogens is 430 g/mol. The first kappa shape index (κ1) is 22.4. The third-order valence-corrected chi connectivity index (χ3v) is 6.57. The van der Waals surface area contributed by atoms with Crippen LogP contribution in [0.3, 0.4) is 0 Å². The predicted molar refractivity (Wildman–Crippen MR) is 134 cm³/mol. The zero-order chi connectivity index (χ0) is 23.5. The van der Waals surface area contributed by atoms with Gasteiger partial charge in [-0.25, -0.2) is 4.98 Å². The molecule has 3 N–H and O–H groups in total. The molecule has 0 aliphatic carbocycles. The number of nitrogens with two attached hydrogens (primary N) is 1. The van der Waals surface area contributed by atoms with Gasteiger partial charge in [-0.1, -0.05) is 30.3 Å². The van der Waals surface area contributed by atoms with Gasteiger partial charge in [0.05, 0.1) is 25.8 Å². The van der Waals surface area contributed by atoms with Crippen LogP contribution in [0.5, 0.6) is 5.75 Å². The average Bonchev–Trinajstić information content (AvgIpc) is 3.15. The fourth-order valence-electron chi connectivity index (χ4n) is 4.80. The molecule has 0 saturated carbocycles. The average molecular weight is 462 g/mol. The van der Waals surface area contributed by atoms with Gasteiger partial charge in [-0.05, 0) is 23.6 Å². The maximum absolute atomic E-state index is 12.9. The molecular formula is C26H31N5O3. The zero-order valence-corrected chi connectivity index (χ0v) is 19.5. The van der Waals surface area contributed by atoms with Crippen LogP contribution < -0.4 is 20.7 Å². The van der Waals surface area contributed by atoms with Gasteiger partial charge in [-0.15, -0.1) is 0 Å². The van der Waals surface area contributed by atoms with Crippen LogP contribution in [0, 0.1) is 0 Å². The van der Waals surface area contributed by atoms with Crippen LogP contribution in [-0.4, -0.2) is 74.9 Å². The topological polar surface area (TPSA) is 93.0 Å². The number of morpholine rings is 1. The second kappa shape index (κ2) is 9.87. The highest BCUT2D eigenvalue weighted by atomic mass is 16.5. The smallest absolute Gasteiger partial charge is 0.242 e. The van der Waals surface area contributed by atoms with E-state index >= 15 is 0 Å². The van der Waals surface area contributed by atoms with Gasteiger partial charge in [0.25, 0.3) is 0 Å². The van der Waals surface area contributed by atoms with Crippen LogP contribution in [0.1, 0.15) is 6.42 Å². The van der Waals surface area contributed by atoms with Crippen LogP contribution in [-0.2, 0) is 9.53 Å². The highest BCUT2D eigenvalue weighted by Gasteiger charge is 2.28. The second-order valence-electron chi connectivity index (χ2n) is 8.75. The lowest BCUT2D eigenvalue weighted by Crippen LogP contribution is -2.53. The molecule has 8 nitrogen and oxygen atoms in total. The number of nitrogens with zero attached hydrogens (tertiary/aromatic N) is 3. The maximum atomic E-state index is 12.9. The quantitative estimate of drug-likeness (QED) is 0.617. The first-order chi connectivity index (χ1) is 16.6. The number of pyridine rings is 1. The molecule has 3 heterocycles. The van der Waals surface area contributed by atoms with Gasteiger partial charge in [0.15, 0.2) is 0 Å². The van der Waals surface area contributed by atoms with Crippen molar-refractivity contribution in [3.8, 4) is 16.9 Å². The maximum Gasteiger partial charge on any atom is 0.242 e. The van der Waals surface area contributed by atoms with E-state index < -0.39 is 0 Å². The summed E-state index contributed by atoms with van der Waals surface area (Å²) in [6, 6.07) is 15.8. The number of carbonyl (C=O) groups is 1. The number of amides is 1. The Balaban J connectivity index is 1.42. The van der Waals surface area contributed by atoms with Crippen molar-refractivity contribution >= 4 is 28.3 Å². The van der Waals surface area contributed by atoms with Crippen molar-refractivity contribution in [3.05, 3.63) is 48.5 Å². The summed E-state index contributed by atoms with van der Waals surface area (Å²) in [7, 11) is 1.66. The molecule has 2 fully saturated rings. The van der Waals surface area contributed by atoms with Crippen molar-refractivity contribution in [2.75, 3.05) is 63.7 Å². The minimum Gasteiger partial charge on any atom is -0.497 e. The minimum atomic E-state index is -0.251. The molecule has 0 bridgehead atoms. The summed E-state index contributed by atoms with van der Waals surface area (Å²) >= 11 is 0. The Morgan fingerprint density at radius 1 is 1.15 bits per heavy atom. The van der Waals surface area contributed by atoms with Gasteiger partial charge >= 0.3 is 0 Å². The van der Waals surface area contributed by atoms with Gasteiger partial charge in [0.1, 0.15) is 17.6 Å². The van der Waals surface area contributed by atoms with E-state index in [1.165, 1.54) is 0 Å². The Bertz CT molecular complexity index is 1160. The molecule has 1 unspecified atom stereocenters. The van der Waals surface area contributed by atoms with Gasteiger partial charge in [-0.2, -0.15) is 0 Å². The summed E-state index contributed by atoms with van der Waals surface area (Å²) in [6.07, 6.45) is 0.867. The second-order valence-corrected chi connectivity index (χ2v) is 8.75. The SMILES string of the molecule is COc1cc(-c2ccccc2)c2c(N)cc(N3CCCN(C(=O)C4COCCN4)CC3)nc2c1. The molecule has 1 aromatic heterocycles. The molecule has 8 heteroatoms. The summed E-state index contributed by atoms with van der Waals surface area (Å²) in [5, 5.41) is 4.19. The number of hydrogen-bond donors (Lipinski definition) is 2. The Kier molecular flexibility index (Phi) is 6.51. The molecule has 2 aliphatic rings. The van der Waals surface area contributed by atoms with E-state index in [4.69, 9.17) is 20.2 Å². The Morgan fingerprint density at radius 2 is 2.00 bits per heavy atom. The number of hydrogen-bond acceptors (Lipinski definition) is 7. The Labute approximate surface area is 199 Å². The molecule has 0 radical (unpaired) electrons. The van der Waals surface area contributed by atoms with Gasteiger partial charge in [0.2, 0.25) is 5.91 Å². The fourth-order valence-corrected chi connectivity index (χ4v) is 4.80. The van der Waals surface area contributed by atoms with Gasteiger partial charge < -0.3 is 30.3 Å². The number of fused-ring (bicyclic) bond motifs is 1. The predicted octanol–water partition coefficient (Wildman–Crippen LogP) is 2.52. The fraction of sp³-hybridized carbons (Fsp3) is 0.385. The molecule has 2 saturated heterocycles. The summed E-state index contributed by atoms with van der Waals surface area (Å²) in [5.74, 6) is 1.68. The zero-order valence-electron chi connectivity index (χ0n) is 19.5. The van der Waals surface area contributed by atoms with E-state index in [0.717, 1.165) is 53.1 Å². The normalized spacial score (nSPS) is 19.1. The molecule has 34 heavy (non-hydrogen) atoms. The van der Waals surface area contributed by atoms with Gasteiger partial charge in [0, 0.05) is 55.9 Å². The minimum absolute atomic E-state index is 0.116. The van der Waals surface area contributed by atoms with Crippen LogP contribution in [0.4, 0.5) is 11.5 Å². The number of methoxy groups -OCH3 is 1. The van der Waals surface area contributed by atoms with Crippen molar-refractivity contribution in [1.29, 1.82) is 0 Å². The first-order valence-corrected chi connectivity index (χ1v) is 11.8. The van der Waals surface area contributed by atoms with E-state index in [1.807, 2.05) is 41.3 Å². The van der Waals surface area contributed by atoms with Gasteiger partial charge in [-0.3, -0.25) is 4.79 Å². The standard InChI is InChI=1S/C26H31N5O3/c1-33-19-14-20(18-6-3-2-4-7-18)25-21(27)16-24(29-22(25)15-19)30-9-5-10-31(12-11-30)26(32)23-17-34-13-8-28-23/h2-4,6-7,14-16,23,28H,5,8-13,17H2,1H3,(H2,27,29). The molecule has 0 spiro atoms. The first-order valence-electron chi connectivity index (χ1n) is 11.8. The summed E-state index contributed by atoms with van der Waals surface area (Å²) < 4.78 is 11.0. The molecule has 3 aromatic rings. The molecule has 2 aromatic carbocycles. The molecule has 178 valence electrons. The van der Waals surface area contributed by atoms with E-state index in [2.05, 4.69) is 22.3 Å². The number of ether oxygens (including phenoxy) is 2. The van der Waals surface area contributed by atoms with Crippen LogP contribution in [0.2, 0.25) is 0 Å². The lowest BCUT2D eigenvalue weighted by molar-refractivity contribution is -0.136. The monoisotopic (exact) mass is 461 g/mol.